The van der Waals surface area contributed by atoms with Gasteiger partial charge in [-0.15, -0.1) is 0 Å². The first-order valence-corrected chi connectivity index (χ1v) is 14.3. The highest BCUT2D eigenvalue weighted by atomic mass is 32.2. The van der Waals surface area contributed by atoms with E-state index in [-0.39, 0.29) is 34.6 Å². The number of aromatic amines is 1. The van der Waals surface area contributed by atoms with Gasteiger partial charge in [-0.2, -0.15) is 0 Å². The molecule has 3 N–H and O–H groups in total. The third-order valence-corrected chi connectivity index (χ3v) is 8.84. The Morgan fingerprint density at radius 3 is 2.34 bits per heavy atom. The van der Waals surface area contributed by atoms with Crippen LogP contribution in [0.2, 0.25) is 0 Å². The van der Waals surface area contributed by atoms with E-state index in [1.54, 1.807) is 24.3 Å². The molecule has 197 valence electrons. The number of hydrogen-bond acceptors (Lipinski definition) is 3. The average molecular weight is 533 g/mol. The third kappa shape index (κ3) is 5.81. The van der Waals surface area contributed by atoms with E-state index < -0.39 is 10.0 Å². The number of halogens is 1. The lowest BCUT2D eigenvalue weighted by molar-refractivity contribution is -0.126. The highest BCUT2D eigenvalue weighted by molar-refractivity contribution is 7.89. The number of amides is 1. The maximum absolute atomic E-state index is 13.2. The van der Waals surface area contributed by atoms with Crippen molar-refractivity contribution in [3.8, 4) is 11.3 Å². The lowest BCUT2D eigenvalue weighted by Crippen LogP contribution is -2.41. The van der Waals surface area contributed by atoms with Crippen molar-refractivity contribution in [2.24, 2.45) is 5.92 Å². The van der Waals surface area contributed by atoms with Crippen molar-refractivity contribution >= 4 is 26.8 Å². The topological polar surface area (TPSA) is 91.1 Å². The average Bonchev–Trinajstić information content (AvgIpc) is 3.33. The molecule has 1 radical (unpaired) electrons. The molecule has 0 saturated heterocycles. The molecule has 5 rings (SSSR count). The first-order valence-electron chi connectivity index (χ1n) is 12.8. The smallest absolute Gasteiger partial charge is 0.240 e. The van der Waals surface area contributed by atoms with Crippen molar-refractivity contribution < 1.29 is 17.6 Å². The zero-order valence-corrected chi connectivity index (χ0v) is 22.0. The lowest BCUT2D eigenvalue weighted by atomic mass is 9.85. The first-order chi connectivity index (χ1) is 18.2. The largest absolute Gasteiger partial charge is 0.354 e. The normalized spacial score (nSPS) is 18.8. The van der Waals surface area contributed by atoms with Gasteiger partial charge in [-0.05, 0) is 86.6 Å². The minimum Gasteiger partial charge on any atom is -0.354 e. The number of H-pyrrole nitrogens is 1. The van der Waals surface area contributed by atoms with Crippen molar-refractivity contribution in [1.29, 1.82) is 0 Å². The molecule has 6 nitrogen and oxygen atoms in total. The molecule has 0 unspecified atom stereocenters. The molecule has 1 aliphatic carbocycles. The van der Waals surface area contributed by atoms with Crippen LogP contribution in [0.3, 0.4) is 0 Å². The zero-order valence-electron chi connectivity index (χ0n) is 21.2. The van der Waals surface area contributed by atoms with Crippen LogP contribution in [-0.4, -0.2) is 25.4 Å². The van der Waals surface area contributed by atoms with Gasteiger partial charge in [0.1, 0.15) is 5.82 Å². The molecular formula is C30H31FN3O3S. The maximum atomic E-state index is 13.2. The Morgan fingerprint density at radius 2 is 1.66 bits per heavy atom. The summed E-state index contributed by atoms with van der Waals surface area (Å²) in [6.45, 7) is 5.78. The van der Waals surface area contributed by atoms with Crippen molar-refractivity contribution in [2.45, 2.75) is 49.6 Å². The quantitative estimate of drug-likeness (QED) is 0.278. The van der Waals surface area contributed by atoms with E-state index in [0.717, 1.165) is 33.3 Å². The Hall–Kier alpha value is -3.49. The van der Waals surface area contributed by atoms with Crippen LogP contribution in [0.5, 0.6) is 0 Å². The van der Waals surface area contributed by atoms with Gasteiger partial charge >= 0.3 is 0 Å². The van der Waals surface area contributed by atoms with Gasteiger partial charge in [-0.3, -0.25) is 4.79 Å². The van der Waals surface area contributed by atoms with Gasteiger partial charge in [0.2, 0.25) is 15.9 Å². The number of rotatable bonds is 7. The fourth-order valence-electron chi connectivity index (χ4n) is 5.04. The molecule has 3 aromatic carbocycles. The second kappa shape index (κ2) is 10.7. The van der Waals surface area contributed by atoms with Crippen LogP contribution in [0, 0.1) is 18.7 Å². The fourth-order valence-corrected chi connectivity index (χ4v) is 6.37. The number of hydrogen-bond donors (Lipinski definition) is 3. The first kappa shape index (κ1) is 26.1. The van der Waals surface area contributed by atoms with Gasteiger partial charge in [0, 0.05) is 28.6 Å². The van der Waals surface area contributed by atoms with Crippen LogP contribution in [0.15, 0.2) is 77.7 Å². The summed E-state index contributed by atoms with van der Waals surface area (Å²) in [5, 5.41) is 3.93. The summed E-state index contributed by atoms with van der Waals surface area (Å²) >= 11 is 0. The minimum absolute atomic E-state index is 0.0547. The molecule has 1 fully saturated rings. The molecule has 1 amide bonds. The van der Waals surface area contributed by atoms with Crippen molar-refractivity contribution in [1.82, 2.24) is 15.0 Å². The Morgan fingerprint density at radius 1 is 0.974 bits per heavy atom. The summed E-state index contributed by atoms with van der Waals surface area (Å²) in [6, 6.07) is 20.5. The van der Waals surface area contributed by atoms with E-state index in [0.29, 0.717) is 25.7 Å². The molecule has 0 aliphatic heterocycles. The predicted molar refractivity (Wildman–Crippen MR) is 147 cm³/mol. The summed E-state index contributed by atoms with van der Waals surface area (Å²) in [7, 11) is -3.72. The number of benzene rings is 3. The van der Waals surface area contributed by atoms with E-state index in [9.17, 15) is 17.6 Å². The number of carbonyl (C=O) groups is 1. The van der Waals surface area contributed by atoms with Crippen molar-refractivity contribution in [2.75, 3.05) is 0 Å². The van der Waals surface area contributed by atoms with Gasteiger partial charge in [-0.25, -0.2) is 17.5 Å². The molecular weight excluding hydrogens is 501 g/mol. The van der Waals surface area contributed by atoms with Crippen LogP contribution >= 0.6 is 0 Å². The summed E-state index contributed by atoms with van der Waals surface area (Å²) in [5.41, 5.74) is 4.43. The Bertz CT molecular complexity index is 1540. The standard InChI is InChI=1S/C30H31FN3O3S/c1-19-3-5-22(6-4-19)28-17-24-11-16-27(18-29(24)33-28)38(36,37)34-26-14-9-23(10-15-26)30(35)32-20(2)21-7-12-25(31)13-8-21/h3-8,11-13,16-18,20,23,26,33-34H,1,9-10,14-15H2,2H3,(H,32,35)/t20-,23?,26?/m1/s1. The Balaban J connectivity index is 1.19. The molecule has 1 atom stereocenters. The second-order valence-corrected chi connectivity index (χ2v) is 11.8. The SMILES string of the molecule is [CH2]c1ccc(-c2cc3ccc(S(=O)(=O)NC4CCC(C(=O)N[C@H](C)c5ccc(F)cc5)CC4)cc3[nH]2)cc1. The fraction of sp³-hybridized carbons (Fsp3) is 0.267. The molecule has 1 saturated carbocycles. The van der Waals surface area contributed by atoms with Gasteiger partial charge < -0.3 is 10.3 Å². The second-order valence-electron chi connectivity index (χ2n) is 10.1. The van der Waals surface area contributed by atoms with Gasteiger partial charge in [-0.1, -0.05) is 42.5 Å². The van der Waals surface area contributed by atoms with Gasteiger partial charge in [0.15, 0.2) is 0 Å². The molecule has 1 heterocycles. The lowest BCUT2D eigenvalue weighted by Gasteiger charge is -2.29. The zero-order chi connectivity index (χ0) is 26.9. The Labute approximate surface area is 222 Å². The van der Waals surface area contributed by atoms with E-state index in [1.165, 1.54) is 12.1 Å². The third-order valence-electron chi connectivity index (χ3n) is 7.32. The van der Waals surface area contributed by atoms with Crippen LogP contribution in [0.1, 0.15) is 49.8 Å². The molecule has 1 aromatic heterocycles. The van der Waals surface area contributed by atoms with Crippen LogP contribution in [0.25, 0.3) is 22.2 Å². The van der Waals surface area contributed by atoms with Gasteiger partial charge in [0.25, 0.3) is 0 Å². The van der Waals surface area contributed by atoms with E-state index in [4.69, 9.17) is 0 Å². The van der Waals surface area contributed by atoms with Crippen LogP contribution in [0.4, 0.5) is 4.39 Å². The molecule has 8 heteroatoms. The van der Waals surface area contributed by atoms with Crippen LogP contribution < -0.4 is 10.0 Å². The molecule has 0 bridgehead atoms. The maximum Gasteiger partial charge on any atom is 0.240 e. The number of nitrogens with one attached hydrogen (secondary N) is 3. The summed E-state index contributed by atoms with van der Waals surface area (Å²) in [4.78, 5) is 16.3. The van der Waals surface area contributed by atoms with E-state index in [1.807, 2.05) is 43.3 Å². The number of aromatic nitrogens is 1. The highest BCUT2D eigenvalue weighted by Crippen LogP contribution is 2.29. The number of carbonyl (C=O) groups excluding carboxylic acids is 1. The monoisotopic (exact) mass is 532 g/mol. The molecule has 1 aliphatic rings. The summed E-state index contributed by atoms with van der Waals surface area (Å²) in [5.74, 6) is -0.545. The van der Waals surface area contributed by atoms with E-state index in [2.05, 4.69) is 21.9 Å². The highest BCUT2D eigenvalue weighted by Gasteiger charge is 2.30. The molecule has 4 aromatic rings. The van der Waals surface area contributed by atoms with Crippen molar-refractivity contribution in [3.05, 3.63) is 96.7 Å². The number of fused-ring (bicyclic) bond motifs is 1. The molecule has 0 spiro atoms. The Kier molecular flexibility index (Phi) is 7.36. The van der Waals surface area contributed by atoms with E-state index >= 15 is 0 Å². The minimum atomic E-state index is -3.72. The molecule has 38 heavy (non-hydrogen) atoms. The number of sulfonamides is 1. The predicted octanol–water partition coefficient (Wildman–Crippen LogP) is 5.87. The summed E-state index contributed by atoms with van der Waals surface area (Å²) in [6.07, 6.45) is 2.36. The van der Waals surface area contributed by atoms with Gasteiger partial charge in [0.05, 0.1) is 10.9 Å². The van der Waals surface area contributed by atoms with Crippen molar-refractivity contribution in [3.63, 3.8) is 0 Å². The van der Waals surface area contributed by atoms with Crippen LogP contribution in [-0.2, 0) is 14.8 Å². The summed E-state index contributed by atoms with van der Waals surface area (Å²) < 4.78 is 42.3.